The molecule has 0 saturated carbocycles. The Balaban J connectivity index is 2.75. The van der Waals surface area contributed by atoms with Crippen LogP contribution in [0.2, 0.25) is 10.0 Å². The Morgan fingerprint density at radius 1 is 1.33 bits per heavy atom. The quantitative estimate of drug-likeness (QED) is 0.831. The van der Waals surface area contributed by atoms with Gasteiger partial charge in [0.25, 0.3) is 0 Å². The molecule has 0 aliphatic carbocycles. The lowest BCUT2D eigenvalue weighted by Crippen LogP contribution is -2.41. The third kappa shape index (κ3) is 4.05. The fourth-order valence-electron chi connectivity index (χ4n) is 1.16. The molecule has 0 fully saturated rings. The van der Waals surface area contributed by atoms with E-state index in [1.165, 1.54) is 19.1 Å². The van der Waals surface area contributed by atoms with E-state index in [0.29, 0.717) is 15.6 Å². The number of nitrogens with two attached hydrogens (primary N) is 1. The van der Waals surface area contributed by atoms with E-state index in [4.69, 9.17) is 28.9 Å². The van der Waals surface area contributed by atoms with Gasteiger partial charge in [-0.2, -0.15) is 0 Å². The molecule has 1 rings (SSSR count). The summed E-state index contributed by atoms with van der Waals surface area (Å²) >= 11 is 11.9. The third-order valence-corrected chi connectivity index (χ3v) is 2.85. The molecule has 1 aromatic rings. The Kier molecular flexibility index (Phi) is 5.19. The maximum atomic E-state index is 11.5. The zero-order chi connectivity index (χ0) is 13.7. The van der Waals surface area contributed by atoms with Crippen molar-refractivity contribution in [3.05, 3.63) is 39.9 Å². The van der Waals surface area contributed by atoms with Gasteiger partial charge in [-0.1, -0.05) is 29.3 Å². The number of amides is 2. The first-order chi connectivity index (χ1) is 8.41. The van der Waals surface area contributed by atoms with E-state index in [1.807, 2.05) is 0 Å². The SMILES string of the molecule is CC(NC(=O)/C=C/c1c(Cl)cccc1Cl)C(N)=O. The fraction of sp³-hybridized carbons (Fsp3) is 0.167. The molecule has 0 bridgehead atoms. The van der Waals surface area contributed by atoms with E-state index in [-0.39, 0.29) is 0 Å². The molecule has 1 aromatic carbocycles. The molecule has 6 heteroatoms. The number of rotatable bonds is 4. The largest absolute Gasteiger partial charge is 0.368 e. The normalized spacial score (nSPS) is 12.4. The number of halogens is 2. The van der Waals surface area contributed by atoms with Crippen LogP contribution < -0.4 is 11.1 Å². The molecule has 0 spiro atoms. The Bertz CT molecular complexity index is 481. The third-order valence-electron chi connectivity index (χ3n) is 2.19. The lowest BCUT2D eigenvalue weighted by molar-refractivity contribution is -0.124. The summed E-state index contributed by atoms with van der Waals surface area (Å²) in [6, 6.07) is 4.30. The molecule has 0 aliphatic rings. The monoisotopic (exact) mass is 286 g/mol. The fourth-order valence-corrected chi connectivity index (χ4v) is 1.69. The van der Waals surface area contributed by atoms with Crippen molar-refractivity contribution in [2.24, 2.45) is 5.73 Å². The molecule has 0 aromatic heterocycles. The van der Waals surface area contributed by atoms with E-state index in [1.54, 1.807) is 18.2 Å². The van der Waals surface area contributed by atoms with Gasteiger partial charge in [-0.3, -0.25) is 9.59 Å². The highest BCUT2D eigenvalue weighted by atomic mass is 35.5. The molecule has 0 radical (unpaired) electrons. The van der Waals surface area contributed by atoms with Crippen molar-refractivity contribution in [2.45, 2.75) is 13.0 Å². The van der Waals surface area contributed by atoms with E-state index in [2.05, 4.69) is 5.32 Å². The maximum Gasteiger partial charge on any atom is 0.244 e. The second-order valence-corrected chi connectivity index (χ2v) is 4.42. The van der Waals surface area contributed by atoms with Gasteiger partial charge in [0.2, 0.25) is 11.8 Å². The summed E-state index contributed by atoms with van der Waals surface area (Å²) in [4.78, 5) is 22.2. The van der Waals surface area contributed by atoms with E-state index < -0.39 is 17.9 Å². The minimum atomic E-state index is -0.733. The van der Waals surface area contributed by atoms with Gasteiger partial charge in [0.15, 0.2) is 0 Å². The standard InChI is InChI=1S/C12H12Cl2N2O2/c1-7(12(15)18)16-11(17)6-5-8-9(13)3-2-4-10(8)14/h2-7H,1H3,(H2,15,18)(H,16,17)/b6-5+. The average molecular weight is 287 g/mol. The zero-order valence-corrected chi connectivity index (χ0v) is 11.1. The number of nitrogens with one attached hydrogen (secondary N) is 1. The highest BCUT2D eigenvalue weighted by Gasteiger charge is 2.10. The second kappa shape index (κ2) is 6.42. The molecule has 1 atom stereocenters. The number of hydrogen-bond acceptors (Lipinski definition) is 2. The molecule has 96 valence electrons. The van der Waals surface area contributed by atoms with Gasteiger partial charge in [0.05, 0.1) is 0 Å². The predicted octanol–water partition coefficient (Wildman–Crippen LogP) is 2.00. The lowest BCUT2D eigenvalue weighted by atomic mass is 10.2. The van der Waals surface area contributed by atoms with Crippen LogP contribution in [-0.2, 0) is 9.59 Å². The summed E-state index contributed by atoms with van der Waals surface area (Å²) < 4.78 is 0. The van der Waals surface area contributed by atoms with Gasteiger partial charge in [-0.25, -0.2) is 0 Å². The topological polar surface area (TPSA) is 72.2 Å². The van der Waals surface area contributed by atoms with Crippen LogP contribution in [0.4, 0.5) is 0 Å². The van der Waals surface area contributed by atoms with Crippen molar-refractivity contribution in [1.82, 2.24) is 5.32 Å². The number of hydrogen-bond donors (Lipinski definition) is 2. The van der Waals surface area contributed by atoms with Crippen molar-refractivity contribution in [3.8, 4) is 0 Å². The van der Waals surface area contributed by atoms with Crippen molar-refractivity contribution in [2.75, 3.05) is 0 Å². The molecular weight excluding hydrogens is 275 g/mol. The Morgan fingerprint density at radius 3 is 2.39 bits per heavy atom. The van der Waals surface area contributed by atoms with Crippen molar-refractivity contribution in [1.29, 1.82) is 0 Å². The number of carbonyl (C=O) groups excluding carboxylic acids is 2. The van der Waals surface area contributed by atoms with Crippen LogP contribution >= 0.6 is 23.2 Å². The molecule has 0 heterocycles. The highest BCUT2D eigenvalue weighted by Crippen LogP contribution is 2.25. The van der Waals surface area contributed by atoms with Crippen LogP contribution in [0.15, 0.2) is 24.3 Å². The van der Waals surface area contributed by atoms with E-state index >= 15 is 0 Å². The van der Waals surface area contributed by atoms with Crippen LogP contribution in [0, 0.1) is 0 Å². The molecule has 0 saturated heterocycles. The molecule has 0 aliphatic heterocycles. The molecule has 1 unspecified atom stereocenters. The van der Waals surface area contributed by atoms with E-state index in [0.717, 1.165) is 0 Å². The molecule has 2 amide bonds. The smallest absolute Gasteiger partial charge is 0.244 e. The van der Waals surface area contributed by atoms with Gasteiger partial charge < -0.3 is 11.1 Å². The minimum absolute atomic E-state index is 0.439. The molecule has 3 N–H and O–H groups in total. The maximum absolute atomic E-state index is 11.5. The Labute approximate surface area is 115 Å². The first-order valence-electron chi connectivity index (χ1n) is 5.13. The summed E-state index contributed by atoms with van der Waals surface area (Å²) in [5.74, 6) is -1.05. The molecule has 4 nitrogen and oxygen atoms in total. The Hall–Kier alpha value is -1.52. The molecule has 18 heavy (non-hydrogen) atoms. The second-order valence-electron chi connectivity index (χ2n) is 3.60. The van der Waals surface area contributed by atoms with Crippen LogP contribution in [0.25, 0.3) is 6.08 Å². The first kappa shape index (κ1) is 14.5. The van der Waals surface area contributed by atoms with Crippen LogP contribution in [0.3, 0.4) is 0 Å². The van der Waals surface area contributed by atoms with Gasteiger partial charge in [0, 0.05) is 21.7 Å². The van der Waals surface area contributed by atoms with Crippen LogP contribution in [0.5, 0.6) is 0 Å². The number of carbonyl (C=O) groups is 2. The minimum Gasteiger partial charge on any atom is -0.368 e. The van der Waals surface area contributed by atoms with Crippen molar-refractivity contribution >= 4 is 41.1 Å². The van der Waals surface area contributed by atoms with Gasteiger partial charge in [-0.15, -0.1) is 0 Å². The van der Waals surface area contributed by atoms with Crippen LogP contribution in [0.1, 0.15) is 12.5 Å². The summed E-state index contributed by atoms with van der Waals surface area (Å²) in [5.41, 5.74) is 5.56. The van der Waals surface area contributed by atoms with E-state index in [9.17, 15) is 9.59 Å². The zero-order valence-electron chi connectivity index (χ0n) is 9.61. The lowest BCUT2D eigenvalue weighted by Gasteiger charge is -2.07. The van der Waals surface area contributed by atoms with Crippen LogP contribution in [-0.4, -0.2) is 17.9 Å². The average Bonchev–Trinajstić information content (AvgIpc) is 2.28. The van der Waals surface area contributed by atoms with Gasteiger partial charge in [0.1, 0.15) is 6.04 Å². The number of primary amides is 1. The molecular formula is C12H12Cl2N2O2. The number of benzene rings is 1. The van der Waals surface area contributed by atoms with Gasteiger partial charge in [-0.05, 0) is 25.1 Å². The predicted molar refractivity (Wildman–Crippen MR) is 72.3 cm³/mol. The summed E-state index contributed by atoms with van der Waals surface area (Å²) in [6.07, 6.45) is 2.72. The first-order valence-corrected chi connectivity index (χ1v) is 5.89. The highest BCUT2D eigenvalue weighted by molar-refractivity contribution is 6.37. The summed E-state index contributed by atoms with van der Waals surface area (Å²) in [6.45, 7) is 1.50. The summed E-state index contributed by atoms with van der Waals surface area (Å²) in [5, 5.41) is 3.28. The van der Waals surface area contributed by atoms with Gasteiger partial charge >= 0.3 is 0 Å². The summed E-state index contributed by atoms with van der Waals surface area (Å²) in [7, 11) is 0. The van der Waals surface area contributed by atoms with Crippen molar-refractivity contribution in [3.63, 3.8) is 0 Å². The Morgan fingerprint density at radius 2 is 1.89 bits per heavy atom. The van der Waals surface area contributed by atoms with Crippen molar-refractivity contribution < 1.29 is 9.59 Å².